The summed E-state index contributed by atoms with van der Waals surface area (Å²) in [5.41, 5.74) is 4.24. The van der Waals surface area contributed by atoms with Crippen LogP contribution in [0, 0.1) is 0 Å². The fourth-order valence-corrected chi connectivity index (χ4v) is 2.34. The third-order valence-electron chi connectivity index (χ3n) is 3.70. The molecule has 0 amide bonds. The van der Waals surface area contributed by atoms with Crippen LogP contribution in [-0.4, -0.2) is 5.78 Å². The van der Waals surface area contributed by atoms with Crippen LogP contribution in [-0.2, 0) is 6.42 Å². The monoisotopic (exact) mass is 293 g/mol. The molecule has 0 radical (unpaired) electrons. The number of allylic oxidation sites excluding steroid dienone is 1. The van der Waals surface area contributed by atoms with E-state index in [0.29, 0.717) is 11.5 Å². The van der Waals surface area contributed by atoms with Crippen LogP contribution in [0.4, 0.5) is 5.69 Å². The van der Waals surface area contributed by atoms with Gasteiger partial charge in [-0.05, 0) is 29.5 Å². The van der Waals surface area contributed by atoms with Crippen LogP contribution in [0.25, 0.3) is 0 Å². The van der Waals surface area contributed by atoms with Crippen molar-refractivity contribution in [2.24, 2.45) is 0 Å². The molecular formula is C20H23NO. The summed E-state index contributed by atoms with van der Waals surface area (Å²) in [6, 6.07) is 15.9. The van der Waals surface area contributed by atoms with E-state index >= 15 is 0 Å². The number of para-hydroxylation sites is 1. The molecule has 0 unspecified atom stereocenters. The molecule has 0 atom stereocenters. The molecule has 0 aliphatic rings. The molecule has 2 aromatic rings. The molecule has 0 saturated carbocycles. The molecule has 0 bridgehead atoms. The minimum absolute atomic E-state index is 0.0113. The predicted octanol–water partition coefficient (Wildman–Crippen LogP) is 5.18. The van der Waals surface area contributed by atoms with Crippen LogP contribution in [0.5, 0.6) is 0 Å². The Labute approximate surface area is 132 Å². The Morgan fingerprint density at radius 2 is 1.77 bits per heavy atom. The Kier molecular flexibility index (Phi) is 5.54. The van der Waals surface area contributed by atoms with E-state index in [2.05, 4.69) is 32.2 Å². The highest BCUT2D eigenvalue weighted by atomic mass is 16.1. The van der Waals surface area contributed by atoms with E-state index in [9.17, 15) is 4.79 Å². The van der Waals surface area contributed by atoms with Crippen LogP contribution >= 0.6 is 0 Å². The van der Waals surface area contributed by atoms with Crippen LogP contribution in [0.2, 0.25) is 0 Å². The molecule has 0 saturated heterocycles. The van der Waals surface area contributed by atoms with Crippen LogP contribution in [0.15, 0.2) is 60.8 Å². The van der Waals surface area contributed by atoms with Gasteiger partial charge in [0, 0.05) is 23.5 Å². The van der Waals surface area contributed by atoms with Gasteiger partial charge in [0.15, 0.2) is 5.78 Å². The minimum atomic E-state index is 0.0113. The topological polar surface area (TPSA) is 29.1 Å². The van der Waals surface area contributed by atoms with Crippen molar-refractivity contribution in [3.05, 3.63) is 77.5 Å². The van der Waals surface area contributed by atoms with Gasteiger partial charge in [0.05, 0.1) is 0 Å². The van der Waals surface area contributed by atoms with Gasteiger partial charge >= 0.3 is 0 Å². The van der Waals surface area contributed by atoms with Crippen molar-refractivity contribution in [3.63, 3.8) is 0 Å². The molecule has 0 heterocycles. The Hall–Kier alpha value is -2.35. The molecule has 2 aromatic carbocycles. The first-order valence-corrected chi connectivity index (χ1v) is 7.77. The number of hydrogen-bond donors (Lipinski definition) is 1. The third-order valence-corrected chi connectivity index (χ3v) is 3.70. The summed E-state index contributed by atoms with van der Waals surface area (Å²) < 4.78 is 0. The summed E-state index contributed by atoms with van der Waals surface area (Å²) in [5, 5.41) is 3.22. The smallest absolute Gasteiger partial charge is 0.187 e. The first-order valence-electron chi connectivity index (χ1n) is 7.77. The molecule has 0 fully saturated rings. The van der Waals surface area contributed by atoms with Gasteiger partial charge in [-0.1, -0.05) is 63.2 Å². The summed E-state index contributed by atoms with van der Waals surface area (Å²) in [4.78, 5) is 12.1. The fourth-order valence-electron chi connectivity index (χ4n) is 2.34. The van der Waals surface area contributed by atoms with Crippen LogP contribution < -0.4 is 5.32 Å². The molecule has 0 spiro atoms. The Morgan fingerprint density at radius 3 is 2.41 bits per heavy atom. The van der Waals surface area contributed by atoms with Crippen LogP contribution in [0.3, 0.4) is 0 Å². The Bertz CT molecular complexity index is 654. The lowest BCUT2D eigenvalue weighted by atomic mass is 10.0. The third kappa shape index (κ3) is 4.08. The molecule has 0 aliphatic carbocycles. The number of carbonyl (C=O) groups excluding carboxylic acids is 1. The van der Waals surface area contributed by atoms with Crippen molar-refractivity contribution in [1.82, 2.24) is 0 Å². The maximum atomic E-state index is 12.1. The zero-order chi connectivity index (χ0) is 15.9. The highest BCUT2D eigenvalue weighted by molar-refractivity contribution is 6.04. The van der Waals surface area contributed by atoms with E-state index in [1.165, 1.54) is 11.1 Å². The second kappa shape index (κ2) is 7.60. The standard InChI is InChI=1S/C20H23NO/c1-4-16-9-11-17(12-10-16)20(22)13-14-21-19-8-6-5-7-18(19)15(2)3/h5-15,21H,4H2,1-3H3/b14-13+. The molecule has 2 rings (SSSR count). The minimum Gasteiger partial charge on any atom is -0.361 e. The van der Waals surface area contributed by atoms with Gasteiger partial charge in [0.25, 0.3) is 0 Å². The molecule has 0 aromatic heterocycles. The summed E-state index contributed by atoms with van der Waals surface area (Å²) in [7, 11) is 0. The maximum absolute atomic E-state index is 12.1. The number of aryl methyl sites for hydroxylation is 1. The largest absolute Gasteiger partial charge is 0.361 e. The average Bonchev–Trinajstić information content (AvgIpc) is 2.55. The number of benzene rings is 2. The van der Waals surface area contributed by atoms with E-state index in [4.69, 9.17) is 0 Å². The normalized spacial score (nSPS) is 11.1. The first-order chi connectivity index (χ1) is 10.6. The number of nitrogens with one attached hydrogen (secondary N) is 1. The molecule has 1 N–H and O–H groups in total. The van der Waals surface area contributed by atoms with Crippen molar-refractivity contribution in [3.8, 4) is 0 Å². The number of rotatable bonds is 6. The second-order valence-electron chi connectivity index (χ2n) is 5.63. The average molecular weight is 293 g/mol. The fraction of sp³-hybridized carbons (Fsp3) is 0.250. The predicted molar refractivity (Wildman–Crippen MR) is 93.4 cm³/mol. The van der Waals surface area contributed by atoms with Gasteiger partial charge in [0.2, 0.25) is 0 Å². The molecular weight excluding hydrogens is 270 g/mol. The molecule has 22 heavy (non-hydrogen) atoms. The van der Waals surface area contributed by atoms with Gasteiger partial charge in [0.1, 0.15) is 0 Å². The van der Waals surface area contributed by atoms with Gasteiger partial charge < -0.3 is 5.32 Å². The molecule has 2 heteroatoms. The van der Waals surface area contributed by atoms with E-state index in [0.717, 1.165) is 12.1 Å². The van der Waals surface area contributed by atoms with Gasteiger partial charge in [-0.3, -0.25) is 4.79 Å². The first kappa shape index (κ1) is 16.0. The maximum Gasteiger partial charge on any atom is 0.187 e. The lowest BCUT2D eigenvalue weighted by Crippen LogP contribution is -1.99. The molecule has 114 valence electrons. The van der Waals surface area contributed by atoms with E-state index < -0.39 is 0 Å². The van der Waals surface area contributed by atoms with E-state index in [-0.39, 0.29) is 5.78 Å². The Balaban J connectivity index is 2.04. The number of ketones is 1. The number of anilines is 1. The van der Waals surface area contributed by atoms with E-state index in [1.807, 2.05) is 42.5 Å². The Morgan fingerprint density at radius 1 is 1.09 bits per heavy atom. The van der Waals surface area contributed by atoms with Crippen molar-refractivity contribution < 1.29 is 4.79 Å². The quantitative estimate of drug-likeness (QED) is 0.587. The van der Waals surface area contributed by atoms with Crippen molar-refractivity contribution in [2.45, 2.75) is 33.1 Å². The van der Waals surface area contributed by atoms with E-state index in [1.54, 1.807) is 12.3 Å². The lowest BCUT2D eigenvalue weighted by molar-refractivity contribution is 0.104. The van der Waals surface area contributed by atoms with Gasteiger partial charge in [-0.15, -0.1) is 0 Å². The highest BCUT2D eigenvalue weighted by Crippen LogP contribution is 2.23. The summed E-state index contributed by atoms with van der Waals surface area (Å²) in [6.45, 7) is 6.42. The molecule has 2 nitrogen and oxygen atoms in total. The zero-order valence-corrected chi connectivity index (χ0v) is 13.5. The van der Waals surface area contributed by atoms with Crippen LogP contribution in [0.1, 0.15) is 48.2 Å². The summed E-state index contributed by atoms with van der Waals surface area (Å²) in [5.74, 6) is 0.451. The number of hydrogen-bond acceptors (Lipinski definition) is 2. The summed E-state index contributed by atoms with van der Waals surface area (Å²) in [6.07, 6.45) is 4.28. The van der Waals surface area contributed by atoms with Gasteiger partial charge in [-0.25, -0.2) is 0 Å². The second-order valence-corrected chi connectivity index (χ2v) is 5.63. The highest BCUT2D eigenvalue weighted by Gasteiger charge is 2.04. The summed E-state index contributed by atoms with van der Waals surface area (Å²) >= 11 is 0. The zero-order valence-electron chi connectivity index (χ0n) is 13.5. The van der Waals surface area contributed by atoms with Crippen molar-refractivity contribution >= 4 is 11.5 Å². The van der Waals surface area contributed by atoms with Crippen molar-refractivity contribution in [2.75, 3.05) is 5.32 Å². The number of carbonyl (C=O) groups is 1. The van der Waals surface area contributed by atoms with Gasteiger partial charge in [-0.2, -0.15) is 0 Å². The SMILES string of the molecule is CCc1ccc(C(=O)/C=C/Nc2ccccc2C(C)C)cc1. The van der Waals surface area contributed by atoms with Crippen molar-refractivity contribution in [1.29, 1.82) is 0 Å². The lowest BCUT2D eigenvalue weighted by Gasteiger charge is -2.11. The molecule has 0 aliphatic heterocycles.